The molecule has 0 spiro atoms. The highest BCUT2D eigenvalue weighted by atomic mass is 32.2. The lowest BCUT2D eigenvalue weighted by Gasteiger charge is -2.07. The van der Waals surface area contributed by atoms with E-state index in [1.165, 1.54) is 7.11 Å². The van der Waals surface area contributed by atoms with E-state index in [1.54, 1.807) is 11.7 Å². The molecule has 0 unspecified atom stereocenters. The molecule has 1 heterocycles. The van der Waals surface area contributed by atoms with Crippen LogP contribution in [0.3, 0.4) is 0 Å². The van der Waals surface area contributed by atoms with Crippen LogP contribution in [0, 0.1) is 6.92 Å². The summed E-state index contributed by atoms with van der Waals surface area (Å²) in [6, 6.07) is 15.2. The summed E-state index contributed by atoms with van der Waals surface area (Å²) in [5, 5.41) is 13.2. The average molecular weight is 411 g/mol. The minimum Gasteiger partial charge on any atom is -0.497 e. The Hall–Kier alpha value is -3.33. The summed E-state index contributed by atoms with van der Waals surface area (Å²) in [5.41, 5.74) is 5.61. The van der Waals surface area contributed by atoms with E-state index in [9.17, 15) is 4.79 Å². The predicted molar refractivity (Wildman–Crippen MR) is 113 cm³/mol. The summed E-state index contributed by atoms with van der Waals surface area (Å²) in [6.07, 6.45) is 0. The van der Waals surface area contributed by atoms with E-state index < -0.39 is 5.97 Å². The molecule has 0 saturated heterocycles. The summed E-state index contributed by atoms with van der Waals surface area (Å²) >= 11 is 1.07. The molecule has 0 fully saturated rings. The van der Waals surface area contributed by atoms with Crippen molar-refractivity contribution < 1.29 is 14.3 Å². The zero-order chi connectivity index (χ0) is 20.8. The number of thioether (sulfide) groups is 1. The Morgan fingerprint density at radius 3 is 2.55 bits per heavy atom. The fourth-order valence-electron chi connectivity index (χ4n) is 2.51. The number of hydrogen-bond acceptors (Lipinski definition) is 8. The van der Waals surface area contributed by atoms with E-state index in [0.717, 1.165) is 34.3 Å². The molecule has 0 aliphatic heterocycles. The van der Waals surface area contributed by atoms with Gasteiger partial charge in [0.05, 0.1) is 19.9 Å². The molecule has 9 heteroatoms. The van der Waals surface area contributed by atoms with Crippen molar-refractivity contribution in [3.63, 3.8) is 0 Å². The fraction of sp³-hybridized carbons (Fsp3) is 0.200. The largest absolute Gasteiger partial charge is 0.497 e. The number of hydrogen-bond donors (Lipinski definition) is 1. The Balaban J connectivity index is 1.83. The number of aromatic nitrogens is 3. The zero-order valence-electron chi connectivity index (χ0n) is 16.5. The van der Waals surface area contributed by atoms with Crippen molar-refractivity contribution in [2.45, 2.75) is 12.1 Å². The second-order valence-corrected chi connectivity index (χ2v) is 7.04. The van der Waals surface area contributed by atoms with E-state index in [-0.39, 0.29) is 5.04 Å². The zero-order valence-corrected chi connectivity index (χ0v) is 17.4. The van der Waals surface area contributed by atoms with Gasteiger partial charge in [-0.05, 0) is 60.6 Å². The van der Waals surface area contributed by atoms with Gasteiger partial charge in [-0.3, -0.25) is 5.43 Å². The molecule has 150 valence electrons. The van der Waals surface area contributed by atoms with Crippen molar-refractivity contribution in [2.75, 3.05) is 19.6 Å². The third kappa shape index (κ3) is 4.94. The Morgan fingerprint density at radius 1 is 1.14 bits per heavy atom. The highest BCUT2D eigenvalue weighted by Gasteiger charge is 2.20. The number of nitrogens with one attached hydrogen (secondary N) is 1. The van der Waals surface area contributed by atoms with Gasteiger partial charge in [0.25, 0.3) is 0 Å². The summed E-state index contributed by atoms with van der Waals surface area (Å²) < 4.78 is 11.8. The maximum Gasteiger partial charge on any atom is 0.365 e. The van der Waals surface area contributed by atoms with Gasteiger partial charge in [0.15, 0.2) is 11.0 Å². The molecule has 3 aromatic rings. The van der Waals surface area contributed by atoms with Gasteiger partial charge in [0.2, 0.25) is 5.04 Å². The molecular formula is C20H21N5O3S. The van der Waals surface area contributed by atoms with Gasteiger partial charge in [-0.25, -0.2) is 4.79 Å². The van der Waals surface area contributed by atoms with Gasteiger partial charge in [0, 0.05) is 12.6 Å². The number of methoxy groups -OCH3 is 2. The van der Waals surface area contributed by atoms with Crippen LogP contribution >= 0.6 is 11.8 Å². The fourth-order valence-corrected chi connectivity index (χ4v) is 3.25. The van der Waals surface area contributed by atoms with Crippen LogP contribution < -0.4 is 10.2 Å². The Labute approximate surface area is 172 Å². The van der Waals surface area contributed by atoms with E-state index >= 15 is 0 Å². The summed E-state index contributed by atoms with van der Waals surface area (Å²) in [4.78, 5) is 12.2. The highest BCUT2D eigenvalue weighted by Crippen LogP contribution is 2.25. The number of carbonyl (C=O) groups excluding carboxylic acids is 1. The smallest absolute Gasteiger partial charge is 0.365 e. The van der Waals surface area contributed by atoms with Crippen molar-refractivity contribution >= 4 is 28.5 Å². The second-order valence-electron chi connectivity index (χ2n) is 6.09. The molecule has 0 saturated carbocycles. The van der Waals surface area contributed by atoms with Gasteiger partial charge < -0.3 is 14.0 Å². The molecule has 2 aromatic carbocycles. The van der Waals surface area contributed by atoms with Crippen LogP contribution in [0.25, 0.3) is 11.4 Å². The van der Waals surface area contributed by atoms with E-state index in [1.807, 2.05) is 62.5 Å². The van der Waals surface area contributed by atoms with E-state index in [2.05, 4.69) is 20.7 Å². The molecule has 0 amide bonds. The SMILES string of the molecule is COC(=O)C(=NNc1cccc(C)c1)Sc1nnc(-c2ccc(OC)cc2)n1C. The van der Waals surface area contributed by atoms with Crippen molar-refractivity contribution in [1.29, 1.82) is 0 Å². The number of nitrogens with zero attached hydrogens (tertiary/aromatic N) is 4. The molecule has 0 atom stereocenters. The molecule has 29 heavy (non-hydrogen) atoms. The van der Waals surface area contributed by atoms with Gasteiger partial charge in [-0.1, -0.05) is 12.1 Å². The molecule has 0 bridgehead atoms. The van der Waals surface area contributed by atoms with Crippen LogP contribution in [-0.4, -0.2) is 40.0 Å². The standard InChI is InChI=1S/C20H21N5O3S/c1-13-6-5-7-15(12-13)21-23-18(19(26)28-4)29-20-24-22-17(25(20)2)14-8-10-16(27-3)11-9-14/h5-12,21H,1-4H3. The third-order valence-corrected chi connectivity index (χ3v) is 5.03. The average Bonchev–Trinajstić information content (AvgIpc) is 3.10. The molecule has 1 N–H and O–H groups in total. The summed E-state index contributed by atoms with van der Waals surface area (Å²) in [5.74, 6) is 0.850. The van der Waals surface area contributed by atoms with Gasteiger partial charge >= 0.3 is 5.97 Å². The van der Waals surface area contributed by atoms with Crippen LogP contribution in [0.5, 0.6) is 5.75 Å². The van der Waals surface area contributed by atoms with Crippen molar-refractivity contribution in [2.24, 2.45) is 12.1 Å². The Morgan fingerprint density at radius 2 is 1.90 bits per heavy atom. The van der Waals surface area contributed by atoms with Gasteiger partial charge in [-0.2, -0.15) is 5.10 Å². The minimum atomic E-state index is -0.566. The first-order valence-electron chi connectivity index (χ1n) is 8.72. The molecule has 0 aliphatic carbocycles. The summed E-state index contributed by atoms with van der Waals surface area (Å²) in [7, 11) is 4.75. The molecular weight excluding hydrogens is 390 g/mol. The number of hydrazone groups is 1. The molecule has 8 nitrogen and oxygen atoms in total. The van der Waals surface area contributed by atoms with E-state index in [4.69, 9.17) is 9.47 Å². The molecule has 3 rings (SSSR count). The van der Waals surface area contributed by atoms with Gasteiger partial charge in [0.1, 0.15) is 5.75 Å². The predicted octanol–water partition coefficient (Wildman–Crippen LogP) is 3.49. The normalized spacial score (nSPS) is 11.2. The number of ether oxygens (including phenoxy) is 2. The second kappa shape index (κ2) is 9.24. The van der Waals surface area contributed by atoms with Gasteiger partial charge in [-0.15, -0.1) is 10.2 Å². The summed E-state index contributed by atoms with van der Waals surface area (Å²) in [6.45, 7) is 1.98. The first-order chi connectivity index (χ1) is 14.0. The highest BCUT2D eigenvalue weighted by molar-refractivity contribution is 8.15. The third-order valence-electron chi connectivity index (χ3n) is 4.04. The number of esters is 1. The first kappa shape index (κ1) is 20.4. The van der Waals surface area contributed by atoms with E-state index in [0.29, 0.717) is 11.0 Å². The Bertz CT molecular complexity index is 1030. The maximum absolute atomic E-state index is 12.2. The monoisotopic (exact) mass is 411 g/mol. The molecule has 0 radical (unpaired) electrons. The number of anilines is 1. The lowest BCUT2D eigenvalue weighted by Crippen LogP contribution is -2.15. The van der Waals surface area contributed by atoms with Crippen LogP contribution in [0.1, 0.15) is 5.56 Å². The topological polar surface area (TPSA) is 90.6 Å². The lowest BCUT2D eigenvalue weighted by atomic mass is 10.2. The van der Waals surface area contributed by atoms with Crippen molar-refractivity contribution in [1.82, 2.24) is 14.8 Å². The number of benzene rings is 2. The van der Waals surface area contributed by atoms with Crippen LogP contribution in [0.4, 0.5) is 5.69 Å². The van der Waals surface area contributed by atoms with Crippen LogP contribution in [0.15, 0.2) is 58.8 Å². The number of carbonyl (C=O) groups is 1. The molecule has 1 aromatic heterocycles. The quantitative estimate of drug-likeness (QED) is 0.226. The Kier molecular flexibility index (Phi) is 6.50. The van der Waals surface area contributed by atoms with Crippen molar-refractivity contribution in [3.8, 4) is 17.1 Å². The number of aryl methyl sites for hydroxylation is 1. The van der Waals surface area contributed by atoms with Crippen LogP contribution in [0.2, 0.25) is 0 Å². The van der Waals surface area contributed by atoms with Crippen molar-refractivity contribution in [3.05, 3.63) is 54.1 Å². The maximum atomic E-state index is 12.2. The minimum absolute atomic E-state index is 0.116. The first-order valence-corrected chi connectivity index (χ1v) is 9.54. The number of rotatable bonds is 5. The lowest BCUT2D eigenvalue weighted by molar-refractivity contribution is -0.132. The molecule has 0 aliphatic rings. The van der Waals surface area contributed by atoms with Crippen LogP contribution in [-0.2, 0) is 16.6 Å².